The summed E-state index contributed by atoms with van der Waals surface area (Å²) in [5.74, 6) is 4.26. The third-order valence-corrected chi connectivity index (χ3v) is 12.4. The van der Waals surface area contributed by atoms with Crippen molar-refractivity contribution >= 4 is 17.7 Å². The summed E-state index contributed by atoms with van der Waals surface area (Å²) in [4.78, 5) is 12.6. The molecular weight excluding hydrogens is 470 g/mol. The Morgan fingerprint density at radius 3 is 2.57 bits per heavy atom. The lowest BCUT2D eigenvalue weighted by Gasteiger charge is -2.58. The van der Waals surface area contributed by atoms with Crippen molar-refractivity contribution in [1.82, 2.24) is 5.32 Å². The number of hydrogen-bond donors (Lipinski definition) is 1. The van der Waals surface area contributed by atoms with Crippen molar-refractivity contribution in [3.05, 3.63) is 23.3 Å². The van der Waals surface area contributed by atoms with Gasteiger partial charge in [-0.15, -0.1) is 11.8 Å². The van der Waals surface area contributed by atoms with Crippen molar-refractivity contribution in [2.45, 2.75) is 143 Å². The van der Waals surface area contributed by atoms with Crippen LogP contribution in [0.15, 0.2) is 23.3 Å². The first-order chi connectivity index (χ1) is 17.5. The van der Waals surface area contributed by atoms with Crippen LogP contribution >= 0.6 is 11.8 Å². The summed E-state index contributed by atoms with van der Waals surface area (Å²) < 4.78 is 0. The minimum Gasteiger partial charge on any atom is -0.351 e. The van der Waals surface area contributed by atoms with Gasteiger partial charge in [-0.2, -0.15) is 0 Å². The maximum Gasteiger partial charge on any atom is 0.230 e. The lowest BCUT2D eigenvalue weighted by molar-refractivity contribution is -0.120. The van der Waals surface area contributed by atoms with E-state index in [1.54, 1.807) is 5.57 Å². The van der Waals surface area contributed by atoms with Gasteiger partial charge < -0.3 is 5.32 Å². The summed E-state index contributed by atoms with van der Waals surface area (Å²) in [6.07, 6.45) is 22.3. The normalized spacial score (nSPS) is 35.4. The first-order valence-corrected chi connectivity index (χ1v) is 16.8. The second-order valence-corrected chi connectivity index (χ2v) is 16.0. The van der Waals surface area contributed by atoms with Crippen LogP contribution in [0.2, 0.25) is 0 Å². The van der Waals surface area contributed by atoms with E-state index in [-0.39, 0.29) is 11.4 Å². The minimum absolute atomic E-state index is 0.0863. The molecule has 0 saturated heterocycles. The fourth-order valence-electron chi connectivity index (χ4n) is 8.98. The molecule has 1 N–H and O–H groups in total. The molecule has 210 valence electrons. The van der Waals surface area contributed by atoms with Crippen molar-refractivity contribution in [3.63, 3.8) is 0 Å². The van der Waals surface area contributed by atoms with Crippen molar-refractivity contribution in [3.8, 4) is 0 Å². The number of allylic oxidation sites excluding steroid dienone is 4. The highest BCUT2D eigenvalue weighted by atomic mass is 32.2. The third-order valence-electron chi connectivity index (χ3n) is 11.1. The summed E-state index contributed by atoms with van der Waals surface area (Å²) >= 11 is 1.91. The molecule has 4 aliphatic rings. The molecule has 0 spiro atoms. The van der Waals surface area contributed by atoms with Crippen LogP contribution in [0.3, 0.4) is 0 Å². The Hall–Kier alpha value is -0.700. The topological polar surface area (TPSA) is 29.1 Å². The average molecular weight is 528 g/mol. The molecule has 0 aliphatic heterocycles. The zero-order valence-corrected chi connectivity index (χ0v) is 26.1. The highest BCUT2D eigenvalue weighted by Crippen LogP contribution is 2.65. The van der Waals surface area contributed by atoms with Gasteiger partial charge in [-0.05, 0) is 113 Å². The summed E-state index contributed by atoms with van der Waals surface area (Å²) in [6, 6.07) is 0. The fourth-order valence-corrected chi connectivity index (χ4v) is 10.0. The van der Waals surface area contributed by atoms with Crippen LogP contribution < -0.4 is 5.32 Å². The first-order valence-electron chi connectivity index (χ1n) is 15.8. The van der Waals surface area contributed by atoms with Gasteiger partial charge in [-0.1, -0.05) is 77.2 Å². The molecule has 0 heterocycles. The molecule has 2 saturated carbocycles. The Bertz CT molecular complexity index is 871. The monoisotopic (exact) mass is 527 g/mol. The molecule has 0 aromatic rings. The smallest absolute Gasteiger partial charge is 0.230 e. The second-order valence-electron chi connectivity index (χ2n) is 14.7. The van der Waals surface area contributed by atoms with Gasteiger partial charge in [0, 0.05) is 10.8 Å². The van der Waals surface area contributed by atoms with Crippen LogP contribution in [0, 0.1) is 34.5 Å². The zero-order chi connectivity index (χ0) is 26.8. The van der Waals surface area contributed by atoms with E-state index >= 15 is 0 Å². The van der Waals surface area contributed by atoms with Crippen LogP contribution in [0.1, 0.15) is 132 Å². The maximum absolute atomic E-state index is 12.6. The standard InChI is InChI=1S/C34H57NOS/c1-8-19-32(4,5)35-31(36)23-37-27-17-20-34(7)26(22-27)13-15-28-29-16-14-25(12-10-9-11-24(2)3)33(29,6)21-18-30(28)34/h13-14,24,27-30H,8-12,15-23H2,1-7H3,(H,35,36). The molecule has 0 aromatic heterocycles. The molecule has 37 heavy (non-hydrogen) atoms. The molecule has 6 unspecified atom stereocenters. The number of nitrogens with one attached hydrogen (secondary N) is 1. The second kappa shape index (κ2) is 11.8. The summed E-state index contributed by atoms with van der Waals surface area (Å²) in [5, 5.41) is 3.87. The van der Waals surface area contributed by atoms with Crippen molar-refractivity contribution in [2.24, 2.45) is 34.5 Å². The van der Waals surface area contributed by atoms with Gasteiger partial charge in [0.1, 0.15) is 0 Å². The van der Waals surface area contributed by atoms with Crippen molar-refractivity contribution < 1.29 is 4.79 Å². The van der Waals surface area contributed by atoms with Crippen molar-refractivity contribution in [2.75, 3.05) is 5.75 Å². The van der Waals surface area contributed by atoms with Crippen LogP contribution in [-0.2, 0) is 4.79 Å². The quantitative estimate of drug-likeness (QED) is 0.214. The number of hydrogen-bond acceptors (Lipinski definition) is 2. The predicted octanol–water partition coefficient (Wildman–Crippen LogP) is 9.50. The molecule has 2 nitrogen and oxygen atoms in total. The highest BCUT2D eigenvalue weighted by Gasteiger charge is 2.56. The number of unbranched alkanes of at least 4 members (excludes halogenated alkanes) is 1. The first kappa shape index (κ1) is 29.3. The van der Waals surface area contributed by atoms with Gasteiger partial charge in [0.15, 0.2) is 0 Å². The molecular formula is C34H57NOS. The van der Waals surface area contributed by atoms with E-state index in [4.69, 9.17) is 0 Å². The van der Waals surface area contributed by atoms with Gasteiger partial charge in [-0.25, -0.2) is 0 Å². The minimum atomic E-state index is -0.0863. The number of rotatable bonds is 11. The van der Waals surface area contributed by atoms with Gasteiger partial charge in [-0.3, -0.25) is 4.79 Å². The Balaban J connectivity index is 1.33. The third kappa shape index (κ3) is 6.38. The van der Waals surface area contributed by atoms with E-state index in [9.17, 15) is 4.79 Å². The van der Waals surface area contributed by atoms with E-state index in [2.05, 4.69) is 65.9 Å². The SMILES string of the molecule is CCCC(C)(C)NC(=O)CSC1CCC2(C)C(=CCC3C4CC=C(CCCCC(C)C)C4(C)CCC32)C1. The number of thioether (sulfide) groups is 1. The molecule has 3 heteroatoms. The van der Waals surface area contributed by atoms with Crippen LogP contribution in [-0.4, -0.2) is 22.4 Å². The lowest BCUT2D eigenvalue weighted by atomic mass is 9.47. The lowest BCUT2D eigenvalue weighted by Crippen LogP contribution is -2.49. The van der Waals surface area contributed by atoms with Crippen LogP contribution in [0.5, 0.6) is 0 Å². The summed E-state index contributed by atoms with van der Waals surface area (Å²) in [6.45, 7) is 16.5. The molecule has 2 fully saturated rings. The molecule has 1 amide bonds. The highest BCUT2D eigenvalue weighted by molar-refractivity contribution is 8.00. The summed E-state index contributed by atoms with van der Waals surface area (Å²) in [5.41, 5.74) is 4.34. The Kier molecular flexibility index (Phi) is 9.35. The molecule has 0 aromatic carbocycles. The maximum atomic E-state index is 12.6. The number of amides is 1. The zero-order valence-electron chi connectivity index (χ0n) is 25.3. The molecule has 0 radical (unpaired) electrons. The van der Waals surface area contributed by atoms with E-state index in [1.807, 2.05) is 17.3 Å². The van der Waals surface area contributed by atoms with Crippen molar-refractivity contribution in [1.29, 1.82) is 0 Å². The van der Waals surface area contributed by atoms with Gasteiger partial charge in [0.05, 0.1) is 5.75 Å². The van der Waals surface area contributed by atoms with Gasteiger partial charge in [0.2, 0.25) is 5.91 Å². The fraction of sp³-hybridized carbons (Fsp3) is 0.853. The largest absolute Gasteiger partial charge is 0.351 e. The molecule has 6 atom stereocenters. The van der Waals surface area contributed by atoms with Crippen LogP contribution in [0.25, 0.3) is 0 Å². The average Bonchev–Trinajstić information content (AvgIpc) is 3.16. The Morgan fingerprint density at radius 2 is 1.84 bits per heavy atom. The Morgan fingerprint density at radius 1 is 1.08 bits per heavy atom. The van der Waals surface area contributed by atoms with E-state index in [0.717, 1.165) is 36.5 Å². The van der Waals surface area contributed by atoms with Gasteiger partial charge >= 0.3 is 0 Å². The Labute approximate surface area is 233 Å². The van der Waals surface area contributed by atoms with Crippen LogP contribution in [0.4, 0.5) is 0 Å². The molecule has 4 rings (SSSR count). The van der Waals surface area contributed by atoms with E-state index in [0.29, 0.717) is 21.8 Å². The van der Waals surface area contributed by atoms with Gasteiger partial charge in [0.25, 0.3) is 0 Å². The number of carbonyl (C=O) groups is 1. The van der Waals surface area contributed by atoms with E-state index in [1.165, 1.54) is 70.6 Å². The summed E-state index contributed by atoms with van der Waals surface area (Å²) in [7, 11) is 0. The molecule has 4 aliphatic carbocycles. The number of fused-ring (bicyclic) bond motifs is 5. The van der Waals surface area contributed by atoms with E-state index < -0.39 is 0 Å². The predicted molar refractivity (Wildman–Crippen MR) is 162 cm³/mol. The number of carbonyl (C=O) groups excluding carboxylic acids is 1. The molecule has 0 bridgehead atoms.